The van der Waals surface area contributed by atoms with E-state index in [4.69, 9.17) is 0 Å². The molecule has 2 unspecified atom stereocenters. The first-order valence-electron chi connectivity index (χ1n) is 6.03. The standard InChI is InChI=1S/C14H27/c1-13(2,3)11-8-7-9-12(10-11)14(4,5)6/h7,11-12H,8-10H2,1-6H3. The molecule has 0 aromatic heterocycles. The lowest BCUT2D eigenvalue weighted by Crippen LogP contribution is -2.32. The van der Waals surface area contributed by atoms with E-state index in [-0.39, 0.29) is 0 Å². The molecule has 0 spiro atoms. The first kappa shape index (κ1) is 12.1. The minimum atomic E-state index is 0.487. The van der Waals surface area contributed by atoms with E-state index in [1.807, 2.05) is 0 Å². The second-order valence-electron chi connectivity index (χ2n) is 7.12. The molecule has 0 saturated heterocycles. The average molecular weight is 195 g/mol. The van der Waals surface area contributed by atoms with E-state index < -0.39 is 0 Å². The van der Waals surface area contributed by atoms with Crippen LogP contribution in [0.1, 0.15) is 60.8 Å². The highest BCUT2D eigenvalue weighted by Crippen LogP contribution is 2.45. The molecule has 1 saturated carbocycles. The van der Waals surface area contributed by atoms with Crippen LogP contribution in [-0.2, 0) is 0 Å². The fourth-order valence-corrected chi connectivity index (χ4v) is 2.45. The van der Waals surface area contributed by atoms with Gasteiger partial charge in [0, 0.05) is 0 Å². The van der Waals surface area contributed by atoms with Crippen molar-refractivity contribution in [3.05, 3.63) is 6.42 Å². The maximum atomic E-state index is 2.52. The summed E-state index contributed by atoms with van der Waals surface area (Å²) in [7, 11) is 0. The Bertz CT molecular complexity index is 157. The third-order valence-corrected chi connectivity index (χ3v) is 3.92. The first-order chi connectivity index (χ1) is 6.21. The third-order valence-electron chi connectivity index (χ3n) is 3.92. The molecule has 0 heteroatoms. The second kappa shape index (κ2) is 3.87. The molecule has 0 bridgehead atoms. The van der Waals surface area contributed by atoms with Gasteiger partial charge in [0.1, 0.15) is 0 Å². The molecular formula is C14H27. The molecule has 0 aromatic rings. The minimum Gasteiger partial charge on any atom is -0.0599 e. The van der Waals surface area contributed by atoms with Crippen LogP contribution in [0.2, 0.25) is 0 Å². The van der Waals surface area contributed by atoms with Gasteiger partial charge in [-0.05, 0) is 48.3 Å². The topological polar surface area (TPSA) is 0 Å². The molecule has 1 aliphatic carbocycles. The zero-order valence-corrected chi connectivity index (χ0v) is 10.9. The van der Waals surface area contributed by atoms with E-state index in [1.54, 1.807) is 0 Å². The lowest BCUT2D eigenvalue weighted by atomic mass is 9.63. The molecule has 0 aliphatic heterocycles. The van der Waals surface area contributed by atoms with Crippen LogP contribution in [-0.4, -0.2) is 0 Å². The quantitative estimate of drug-likeness (QED) is 0.525. The van der Waals surface area contributed by atoms with E-state index in [2.05, 4.69) is 48.0 Å². The fraction of sp³-hybridized carbons (Fsp3) is 0.929. The molecule has 1 radical (unpaired) electrons. The molecule has 0 amide bonds. The molecule has 1 rings (SSSR count). The van der Waals surface area contributed by atoms with Crippen LogP contribution in [0.4, 0.5) is 0 Å². The van der Waals surface area contributed by atoms with E-state index >= 15 is 0 Å². The van der Waals surface area contributed by atoms with Crippen LogP contribution in [0, 0.1) is 29.1 Å². The Morgan fingerprint density at radius 3 is 1.43 bits per heavy atom. The summed E-state index contributed by atoms with van der Waals surface area (Å²) in [5, 5.41) is 0. The predicted molar refractivity (Wildman–Crippen MR) is 64.0 cm³/mol. The Balaban J connectivity index is 2.61. The van der Waals surface area contributed by atoms with E-state index in [9.17, 15) is 0 Å². The minimum absolute atomic E-state index is 0.487. The molecule has 0 heterocycles. The predicted octanol–water partition coefficient (Wildman–Crippen LogP) is 4.70. The molecule has 14 heavy (non-hydrogen) atoms. The first-order valence-corrected chi connectivity index (χ1v) is 6.03. The van der Waals surface area contributed by atoms with Gasteiger partial charge in [-0.1, -0.05) is 41.5 Å². The fourth-order valence-electron chi connectivity index (χ4n) is 2.45. The Labute approximate surface area is 90.5 Å². The average Bonchev–Trinajstić information content (AvgIpc) is 2.01. The van der Waals surface area contributed by atoms with Crippen molar-refractivity contribution in [1.29, 1.82) is 0 Å². The van der Waals surface area contributed by atoms with Crippen molar-refractivity contribution < 1.29 is 0 Å². The number of hydrogen-bond acceptors (Lipinski definition) is 0. The summed E-state index contributed by atoms with van der Waals surface area (Å²) < 4.78 is 0. The van der Waals surface area contributed by atoms with E-state index in [0.717, 1.165) is 11.8 Å². The summed E-state index contributed by atoms with van der Waals surface area (Å²) in [5.41, 5.74) is 0.973. The van der Waals surface area contributed by atoms with Gasteiger partial charge in [-0.25, -0.2) is 0 Å². The summed E-state index contributed by atoms with van der Waals surface area (Å²) in [6.45, 7) is 14.3. The largest absolute Gasteiger partial charge is 0.0599 e. The SMILES string of the molecule is CC(C)(C)C1C[CH]CC(C(C)(C)C)C1. The highest BCUT2D eigenvalue weighted by Gasteiger charge is 2.35. The summed E-state index contributed by atoms with van der Waals surface area (Å²) in [5.74, 6) is 1.78. The highest BCUT2D eigenvalue weighted by atomic mass is 14.4. The Morgan fingerprint density at radius 1 is 0.786 bits per heavy atom. The van der Waals surface area contributed by atoms with Gasteiger partial charge in [0.15, 0.2) is 0 Å². The third kappa shape index (κ3) is 3.00. The van der Waals surface area contributed by atoms with Gasteiger partial charge in [0.25, 0.3) is 0 Å². The van der Waals surface area contributed by atoms with Crippen LogP contribution in [0.5, 0.6) is 0 Å². The monoisotopic (exact) mass is 195 g/mol. The van der Waals surface area contributed by atoms with Gasteiger partial charge in [-0.15, -0.1) is 0 Å². The normalized spacial score (nSPS) is 30.4. The molecule has 1 fully saturated rings. The molecule has 2 atom stereocenters. The molecule has 0 N–H and O–H groups in total. The van der Waals surface area contributed by atoms with Crippen molar-refractivity contribution in [2.75, 3.05) is 0 Å². The van der Waals surface area contributed by atoms with Crippen molar-refractivity contribution in [2.45, 2.75) is 60.8 Å². The molecular weight excluding hydrogens is 168 g/mol. The smallest absolute Gasteiger partial charge is 0.0354 e. The van der Waals surface area contributed by atoms with E-state index in [1.165, 1.54) is 19.3 Å². The Hall–Kier alpha value is 0. The summed E-state index contributed by atoms with van der Waals surface area (Å²) in [6.07, 6.45) is 6.60. The van der Waals surface area contributed by atoms with Crippen molar-refractivity contribution in [3.8, 4) is 0 Å². The van der Waals surface area contributed by atoms with Crippen molar-refractivity contribution >= 4 is 0 Å². The maximum Gasteiger partial charge on any atom is -0.0354 e. The van der Waals surface area contributed by atoms with Crippen LogP contribution in [0.25, 0.3) is 0 Å². The zero-order valence-electron chi connectivity index (χ0n) is 10.9. The van der Waals surface area contributed by atoms with Gasteiger partial charge < -0.3 is 0 Å². The van der Waals surface area contributed by atoms with Gasteiger partial charge in [-0.3, -0.25) is 0 Å². The van der Waals surface area contributed by atoms with Gasteiger partial charge in [-0.2, -0.15) is 0 Å². The summed E-state index contributed by atoms with van der Waals surface area (Å²) in [6, 6.07) is 0. The van der Waals surface area contributed by atoms with Crippen LogP contribution >= 0.6 is 0 Å². The van der Waals surface area contributed by atoms with Crippen molar-refractivity contribution in [2.24, 2.45) is 22.7 Å². The lowest BCUT2D eigenvalue weighted by molar-refractivity contribution is 0.106. The summed E-state index contributed by atoms with van der Waals surface area (Å²) in [4.78, 5) is 0. The van der Waals surface area contributed by atoms with Gasteiger partial charge in [0.2, 0.25) is 0 Å². The maximum absolute atomic E-state index is 2.52. The van der Waals surface area contributed by atoms with Gasteiger partial charge in [0.05, 0.1) is 0 Å². The number of hydrogen-bond donors (Lipinski definition) is 0. The van der Waals surface area contributed by atoms with Crippen LogP contribution in [0.3, 0.4) is 0 Å². The second-order valence-corrected chi connectivity index (χ2v) is 7.12. The zero-order chi connectivity index (χ0) is 11.0. The lowest BCUT2D eigenvalue weighted by Gasteiger charge is -2.42. The number of rotatable bonds is 0. The highest BCUT2D eigenvalue weighted by molar-refractivity contribution is 4.92. The van der Waals surface area contributed by atoms with E-state index in [0.29, 0.717) is 10.8 Å². The van der Waals surface area contributed by atoms with Crippen molar-refractivity contribution in [1.82, 2.24) is 0 Å². The van der Waals surface area contributed by atoms with Crippen LogP contribution < -0.4 is 0 Å². The summed E-state index contributed by atoms with van der Waals surface area (Å²) >= 11 is 0. The van der Waals surface area contributed by atoms with Crippen molar-refractivity contribution in [3.63, 3.8) is 0 Å². The molecule has 0 nitrogen and oxygen atoms in total. The van der Waals surface area contributed by atoms with Crippen LogP contribution in [0.15, 0.2) is 0 Å². The molecule has 0 aromatic carbocycles. The Morgan fingerprint density at radius 2 is 1.14 bits per heavy atom. The molecule has 1 aliphatic rings. The Kier molecular flexibility index (Phi) is 3.33. The molecule has 83 valence electrons. The van der Waals surface area contributed by atoms with Gasteiger partial charge >= 0.3 is 0 Å².